The van der Waals surface area contributed by atoms with E-state index in [1.54, 1.807) is 12.1 Å². The minimum atomic E-state index is -3.35. The molecule has 1 aliphatic carbocycles. The molecule has 0 unspecified atom stereocenters. The van der Waals surface area contributed by atoms with Crippen LogP contribution in [0, 0.1) is 0 Å². The van der Waals surface area contributed by atoms with Crippen LogP contribution in [0.25, 0.3) is 11.1 Å². The molecule has 7 heteroatoms. The molecule has 3 aliphatic rings. The zero-order valence-corrected chi connectivity index (χ0v) is 21.5. The second-order valence-corrected chi connectivity index (χ2v) is 12.3. The Morgan fingerprint density at radius 1 is 0.946 bits per heavy atom. The maximum Gasteiger partial charge on any atom is 0.231 e. The van der Waals surface area contributed by atoms with Gasteiger partial charge in [-0.15, -0.1) is 0 Å². The van der Waals surface area contributed by atoms with Gasteiger partial charge in [-0.25, -0.2) is 8.42 Å². The average molecular weight is 521 g/mol. The van der Waals surface area contributed by atoms with E-state index in [-0.39, 0.29) is 25.9 Å². The van der Waals surface area contributed by atoms with Crippen LogP contribution in [0.2, 0.25) is 0 Å². The van der Waals surface area contributed by atoms with Crippen LogP contribution < -0.4 is 9.47 Å². The molecule has 3 aromatic rings. The zero-order valence-electron chi connectivity index (χ0n) is 20.6. The highest BCUT2D eigenvalue weighted by molar-refractivity contribution is 7.91. The van der Waals surface area contributed by atoms with Crippen molar-refractivity contribution in [2.45, 2.75) is 54.9 Å². The standard InChI is InChI=1S/C30H30O6S.H2/c31-29(30(13-14-30)24-8-11-27-28(19-24)36-20-35-27)18-21-3-1-4-23(17-21)22-6-9-26(10-7-22)37(32,33)16-12-25-5-2-15-34-25;/h1,3-4,6-11,17,19,25H,2,5,12-16,18,20H2;1H/t25-;/m0./s1. The van der Waals surface area contributed by atoms with Crippen molar-refractivity contribution in [3.8, 4) is 22.6 Å². The second kappa shape index (κ2) is 9.62. The molecule has 0 spiro atoms. The first-order valence-electron chi connectivity index (χ1n) is 12.9. The van der Waals surface area contributed by atoms with Crippen molar-refractivity contribution < 1.29 is 28.8 Å². The second-order valence-electron chi connectivity index (χ2n) is 10.2. The van der Waals surface area contributed by atoms with E-state index < -0.39 is 15.3 Å². The van der Waals surface area contributed by atoms with Crippen LogP contribution in [-0.4, -0.2) is 39.5 Å². The number of sulfone groups is 1. The molecule has 0 radical (unpaired) electrons. The van der Waals surface area contributed by atoms with E-state index in [2.05, 4.69) is 0 Å². The summed E-state index contributed by atoms with van der Waals surface area (Å²) in [6.45, 7) is 0.943. The molecule has 1 saturated heterocycles. The first kappa shape index (κ1) is 24.2. The van der Waals surface area contributed by atoms with Crippen molar-refractivity contribution in [1.29, 1.82) is 0 Å². The Hall–Kier alpha value is -3.16. The highest BCUT2D eigenvalue weighted by atomic mass is 32.2. The third-order valence-corrected chi connectivity index (χ3v) is 9.54. The number of carbonyl (C=O) groups excluding carboxylic acids is 1. The monoisotopic (exact) mass is 520 g/mol. The lowest BCUT2D eigenvalue weighted by Gasteiger charge is -2.16. The van der Waals surface area contributed by atoms with Crippen molar-refractivity contribution in [1.82, 2.24) is 0 Å². The van der Waals surface area contributed by atoms with Crippen LogP contribution in [0.5, 0.6) is 11.5 Å². The van der Waals surface area contributed by atoms with Gasteiger partial charge in [-0.1, -0.05) is 42.5 Å². The van der Waals surface area contributed by atoms with Gasteiger partial charge in [-0.3, -0.25) is 4.79 Å². The lowest BCUT2D eigenvalue weighted by atomic mass is 9.87. The Morgan fingerprint density at radius 2 is 1.76 bits per heavy atom. The number of ketones is 1. The van der Waals surface area contributed by atoms with E-state index in [1.807, 2.05) is 54.6 Å². The molecular weight excluding hydrogens is 488 g/mol. The largest absolute Gasteiger partial charge is 0.454 e. The van der Waals surface area contributed by atoms with Gasteiger partial charge in [0.25, 0.3) is 0 Å². The quantitative estimate of drug-likeness (QED) is 0.370. The number of hydrogen-bond donors (Lipinski definition) is 0. The molecule has 6 rings (SSSR count). The average Bonchev–Trinajstić information content (AvgIpc) is 3.31. The fourth-order valence-electron chi connectivity index (χ4n) is 5.39. The van der Waals surface area contributed by atoms with Crippen molar-refractivity contribution in [2.24, 2.45) is 0 Å². The number of fused-ring (bicyclic) bond motifs is 1. The van der Waals surface area contributed by atoms with E-state index in [9.17, 15) is 13.2 Å². The van der Waals surface area contributed by atoms with Crippen molar-refractivity contribution >= 4 is 15.6 Å². The summed E-state index contributed by atoms with van der Waals surface area (Å²) in [6.07, 6.45) is 4.56. The number of rotatable bonds is 9. The SMILES string of the molecule is O=C(Cc1cccc(-c2ccc(S(=O)(=O)CC[C@@H]3CCCO3)cc2)c1)C1(c2ccc3c(c2)OCO3)CC1.[HH]. The Labute approximate surface area is 219 Å². The highest BCUT2D eigenvalue weighted by Crippen LogP contribution is 2.51. The van der Waals surface area contributed by atoms with Gasteiger partial charge in [-0.05, 0) is 78.6 Å². The van der Waals surface area contributed by atoms with Gasteiger partial charge in [0.2, 0.25) is 6.79 Å². The summed E-state index contributed by atoms with van der Waals surface area (Å²) in [4.78, 5) is 13.7. The third-order valence-electron chi connectivity index (χ3n) is 7.78. The van der Waals surface area contributed by atoms with Crippen LogP contribution in [-0.2, 0) is 31.2 Å². The van der Waals surface area contributed by atoms with Crippen molar-refractivity contribution in [2.75, 3.05) is 19.2 Å². The van der Waals surface area contributed by atoms with Gasteiger partial charge in [0.15, 0.2) is 21.3 Å². The van der Waals surface area contributed by atoms with Gasteiger partial charge in [0, 0.05) is 14.5 Å². The number of hydrogen-bond acceptors (Lipinski definition) is 6. The molecule has 3 aromatic carbocycles. The first-order valence-corrected chi connectivity index (χ1v) is 14.6. The smallest absolute Gasteiger partial charge is 0.231 e. The molecule has 0 amide bonds. The maximum absolute atomic E-state index is 13.4. The summed E-state index contributed by atoms with van der Waals surface area (Å²) in [5.74, 6) is 1.73. The molecule has 2 fully saturated rings. The van der Waals surface area contributed by atoms with E-state index >= 15 is 0 Å². The maximum atomic E-state index is 13.4. The number of carbonyl (C=O) groups is 1. The Bertz CT molecular complexity index is 1420. The van der Waals surface area contributed by atoms with Crippen LogP contribution >= 0.6 is 0 Å². The van der Waals surface area contributed by atoms with Crippen LogP contribution in [0.15, 0.2) is 71.6 Å². The predicted octanol–water partition coefficient (Wildman–Crippen LogP) is 5.51. The van der Waals surface area contributed by atoms with Gasteiger partial charge >= 0.3 is 0 Å². The summed E-state index contributed by atoms with van der Waals surface area (Å²) in [5.41, 5.74) is 3.37. The number of Topliss-reactive ketones (excluding diaryl/α,β-unsaturated/α-hetero) is 1. The minimum Gasteiger partial charge on any atom is -0.454 e. The lowest BCUT2D eigenvalue weighted by Crippen LogP contribution is -2.22. The minimum absolute atomic E-state index is 0. The summed E-state index contributed by atoms with van der Waals surface area (Å²) >= 11 is 0. The van der Waals surface area contributed by atoms with E-state index in [0.29, 0.717) is 23.5 Å². The Balaban J connectivity index is 0.00000294. The van der Waals surface area contributed by atoms with E-state index in [4.69, 9.17) is 14.2 Å². The Kier molecular flexibility index (Phi) is 6.29. The zero-order chi connectivity index (χ0) is 25.5. The summed E-state index contributed by atoms with van der Waals surface area (Å²) in [7, 11) is -3.35. The lowest BCUT2D eigenvalue weighted by molar-refractivity contribution is -0.120. The molecule has 2 aliphatic heterocycles. The molecule has 37 heavy (non-hydrogen) atoms. The molecule has 1 saturated carbocycles. The third kappa shape index (κ3) is 4.90. The highest BCUT2D eigenvalue weighted by Gasteiger charge is 2.50. The van der Waals surface area contributed by atoms with E-state index in [1.165, 1.54) is 0 Å². The molecule has 0 aromatic heterocycles. The van der Waals surface area contributed by atoms with Crippen LogP contribution in [0.1, 0.15) is 44.7 Å². The molecule has 194 valence electrons. The van der Waals surface area contributed by atoms with E-state index in [0.717, 1.165) is 60.3 Å². The normalized spacial score (nSPS) is 19.6. The molecule has 6 nitrogen and oxygen atoms in total. The predicted molar refractivity (Wildman–Crippen MR) is 142 cm³/mol. The topological polar surface area (TPSA) is 78.9 Å². The Morgan fingerprint density at radius 3 is 2.51 bits per heavy atom. The molecule has 0 N–H and O–H groups in total. The molecule has 2 heterocycles. The van der Waals surface area contributed by atoms with Crippen molar-refractivity contribution in [3.05, 3.63) is 77.9 Å². The van der Waals surface area contributed by atoms with Gasteiger partial charge < -0.3 is 14.2 Å². The fourth-order valence-corrected chi connectivity index (χ4v) is 6.75. The van der Waals surface area contributed by atoms with Crippen LogP contribution in [0.4, 0.5) is 0 Å². The first-order chi connectivity index (χ1) is 17.9. The summed E-state index contributed by atoms with van der Waals surface area (Å²) in [5, 5.41) is 0. The molecular formula is C30H32O6S. The van der Waals surface area contributed by atoms with Crippen molar-refractivity contribution in [3.63, 3.8) is 0 Å². The number of benzene rings is 3. The number of ether oxygens (including phenoxy) is 3. The van der Waals surface area contributed by atoms with Gasteiger partial charge in [-0.2, -0.15) is 0 Å². The summed E-state index contributed by atoms with van der Waals surface area (Å²) < 4.78 is 42.1. The molecule has 0 bridgehead atoms. The van der Waals surface area contributed by atoms with Gasteiger partial charge in [0.05, 0.1) is 22.2 Å². The van der Waals surface area contributed by atoms with Crippen LogP contribution in [0.3, 0.4) is 0 Å². The summed E-state index contributed by atoms with van der Waals surface area (Å²) in [6, 6.07) is 20.8. The fraction of sp³-hybridized carbons (Fsp3) is 0.367. The van der Waals surface area contributed by atoms with Gasteiger partial charge in [0.1, 0.15) is 5.78 Å². The molecule has 1 atom stereocenters.